The molecule has 9 heteroatoms. The second-order valence-corrected chi connectivity index (χ2v) is 9.42. The van der Waals surface area contributed by atoms with E-state index in [1.807, 2.05) is 43.5 Å². The Balaban J connectivity index is 1.58. The number of thiophene rings is 1. The van der Waals surface area contributed by atoms with Crippen LogP contribution in [0.4, 0.5) is 5.82 Å². The van der Waals surface area contributed by atoms with Gasteiger partial charge in [-0.1, -0.05) is 24.1 Å². The predicted molar refractivity (Wildman–Crippen MR) is 133 cm³/mol. The van der Waals surface area contributed by atoms with Gasteiger partial charge >= 0.3 is 0 Å². The lowest BCUT2D eigenvalue weighted by atomic mass is 10.2. The molecule has 34 heavy (non-hydrogen) atoms. The summed E-state index contributed by atoms with van der Waals surface area (Å²) < 4.78 is 3.40. The molecular formula is C25H21N7OS. The molecule has 4 aromatic heterocycles. The van der Waals surface area contributed by atoms with Gasteiger partial charge in [-0.25, -0.2) is 19.6 Å². The normalized spacial score (nSPS) is 13.4. The summed E-state index contributed by atoms with van der Waals surface area (Å²) in [5.74, 6) is 7.74. The Bertz CT molecular complexity index is 1710. The van der Waals surface area contributed by atoms with Crippen molar-refractivity contribution in [2.75, 3.05) is 5.73 Å². The Kier molecular flexibility index (Phi) is 4.71. The van der Waals surface area contributed by atoms with Crippen molar-refractivity contribution in [1.29, 1.82) is 0 Å². The first-order valence-electron chi connectivity index (χ1n) is 11.1. The molecular weight excluding hydrogens is 446 g/mol. The molecule has 4 heterocycles. The first-order chi connectivity index (χ1) is 16.5. The lowest BCUT2D eigenvalue weighted by molar-refractivity contribution is 0.647. The molecule has 0 unspecified atom stereocenters. The maximum absolute atomic E-state index is 13.7. The van der Waals surface area contributed by atoms with Crippen molar-refractivity contribution in [2.24, 2.45) is 5.92 Å². The molecule has 0 bridgehead atoms. The summed E-state index contributed by atoms with van der Waals surface area (Å²) >= 11 is 1.47. The van der Waals surface area contributed by atoms with Gasteiger partial charge < -0.3 is 5.73 Å². The van der Waals surface area contributed by atoms with Crippen molar-refractivity contribution in [2.45, 2.75) is 33.2 Å². The molecule has 5 aromatic rings. The molecule has 8 nitrogen and oxygen atoms in total. The molecule has 6 rings (SSSR count). The average Bonchev–Trinajstić information content (AvgIpc) is 3.48. The lowest BCUT2D eigenvalue weighted by Gasteiger charge is -2.15. The maximum atomic E-state index is 13.7. The molecule has 1 fully saturated rings. The van der Waals surface area contributed by atoms with Crippen molar-refractivity contribution >= 4 is 38.4 Å². The number of benzene rings is 1. The summed E-state index contributed by atoms with van der Waals surface area (Å²) in [6.45, 7) is 4.16. The zero-order valence-electron chi connectivity index (χ0n) is 18.7. The second kappa shape index (κ2) is 7.78. The maximum Gasteiger partial charge on any atom is 0.267 e. The highest BCUT2D eigenvalue weighted by Gasteiger charge is 2.21. The lowest BCUT2D eigenvalue weighted by Crippen LogP contribution is -2.26. The zero-order chi connectivity index (χ0) is 23.4. The van der Waals surface area contributed by atoms with E-state index in [4.69, 9.17) is 15.8 Å². The van der Waals surface area contributed by atoms with Gasteiger partial charge in [0.15, 0.2) is 5.65 Å². The Morgan fingerprint density at radius 1 is 1.15 bits per heavy atom. The van der Waals surface area contributed by atoms with E-state index < -0.39 is 0 Å². The highest BCUT2D eigenvalue weighted by Crippen LogP contribution is 2.29. The van der Waals surface area contributed by atoms with Crippen LogP contribution in [0, 0.1) is 31.6 Å². The minimum atomic E-state index is -0.0904. The number of para-hydroxylation sites is 1. The van der Waals surface area contributed by atoms with Gasteiger partial charge in [-0.3, -0.25) is 9.36 Å². The van der Waals surface area contributed by atoms with Crippen LogP contribution in [0.1, 0.15) is 35.5 Å². The summed E-state index contributed by atoms with van der Waals surface area (Å²) in [6.07, 6.45) is 3.65. The highest BCUT2D eigenvalue weighted by atomic mass is 32.1. The minimum Gasteiger partial charge on any atom is -0.383 e. The van der Waals surface area contributed by atoms with Gasteiger partial charge in [-0.05, 0) is 55.2 Å². The van der Waals surface area contributed by atoms with Crippen molar-refractivity contribution < 1.29 is 0 Å². The Morgan fingerprint density at radius 2 is 1.97 bits per heavy atom. The van der Waals surface area contributed by atoms with Gasteiger partial charge in [0.2, 0.25) is 0 Å². The van der Waals surface area contributed by atoms with E-state index in [1.54, 1.807) is 9.25 Å². The summed E-state index contributed by atoms with van der Waals surface area (Å²) in [6, 6.07) is 7.80. The van der Waals surface area contributed by atoms with Crippen LogP contribution in [0.3, 0.4) is 0 Å². The molecule has 168 valence electrons. The third-order valence-corrected chi connectivity index (χ3v) is 7.03. The third-order valence-electron chi connectivity index (χ3n) is 6.04. The molecule has 0 atom stereocenters. The number of nitrogens with zero attached hydrogens (tertiary/aromatic N) is 6. The number of aryl methyl sites for hydroxylation is 2. The number of rotatable bonds is 3. The van der Waals surface area contributed by atoms with Crippen LogP contribution < -0.4 is 11.3 Å². The number of nitrogen functional groups attached to an aromatic ring is 1. The molecule has 0 radical (unpaired) electrons. The molecule has 1 saturated carbocycles. The first-order valence-corrected chi connectivity index (χ1v) is 11.9. The van der Waals surface area contributed by atoms with Gasteiger partial charge in [0.1, 0.15) is 35.0 Å². The van der Waals surface area contributed by atoms with Crippen molar-refractivity contribution in [3.8, 4) is 17.5 Å². The van der Waals surface area contributed by atoms with Crippen LogP contribution in [0.2, 0.25) is 0 Å². The van der Waals surface area contributed by atoms with Crippen LogP contribution in [0.15, 0.2) is 40.8 Å². The fraction of sp³-hybridized carbons (Fsp3) is 0.240. The predicted octanol–water partition coefficient (Wildman–Crippen LogP) is 3.60. The van der Waals surface area contributed by atoms with E-state index >= 15 is 0 Å². The van der Waals surface area contributed by atoms with Crippen LogP contribution in [0.25, 0.3) is 26.9 Å². The summed E-state index contributed by atoms with van der Waals surface area (Å²) in [4.78, 5) is 27.9. The van der Waals surface area contributed by atoms with Gasteiger partial charge in [-0.15, -0.1) is 11.3 Å². The zero-order valence-corrected chi connectivity index (χ0v) is 19.6. The van der Waals surface area contributed by atoms with Crippen LogP contribution in [-0.2, 0) is 6.54 Å². The Hall–Kier alpha value is -4.03. The average molecular weight is 468 g/mol. The standard InChI is InChI=1S/C25H21N7OS/c1-14-5-3-4-6-18(14)32-19(29-24-20(25(32)33)15(2)12-34-24)11-31-23-21(22(26)27-13-28-23)17(30-31)10-9-16-7-8-16/h3-6,12-13,16H,7-8,11H2,1-2H3,(H2,26,27,28). The van der Waals surface area contributed by atoms with Crippen LogP contribution in [0.5, 0.6) is 0 Å². The van der Waals surface area contributed by atoms with Crippen molar-refractivity contribution in [3.63, 3.8) is 0 Å². The van der Waals surface area contributed by atoms with E-state index in [2.05, 4.69) is 21.8 Å². The molecule has 1 aliphatic rings. The summed E-state index contributed by atoms with van der Waals surface area (Å²) in [7, 11) is 0. The first kappa shape index (κ1) is 20.6. The Labute approximate surface area is 199 Å². The number of aromatic nitrogens is 6. The minimum absolute atomic E-state index is 0.0904. The topological polar surface area (TPSA) is 105 Å². The van der Waals surface area contributed by atoms with Gasteiger partial charge in [-0.2, -0.15) is 5.10 Å². The van der Waals surface area contributed by atoms with Gasteiger partial charge in [0.05, 0.1) is 16.5 Å². The smallest absolute Gasteiger partial charge is 0.267 e. The quantitative estimate of drug-likeness (QED) is 0.407. The number of hydrogen-bond donors (Lipinski definition) is 1. The van der Waals surface area contributed by atoms with E-state index in [1.165, 1.54) is 17.7 Å². The molecule has 0 saturated heterocycles. The number of nitrogens with two attached hydrogens (primary N) is 1. The van der Waals surface area contributed by atoms with E-state index in [-0.39, 0.29) is 12.1 Å². The fourth-order valence-corrected chi connectivity index (χ4v) is 5.03. The molecule has 2 N–H and O–H groups in total. The van der Waals surface area contributed by atoms with E-state index in [9.17, 15) is 4.79 Å². The summed E-state index contributed by atoms with van der Waals surface area (Å²) in [5.41, 5.74) is 9.92. The third kappa shape index (κ3) is 3.35. The molecule has 1 aliphatic carbocycles. The molecule has 1 aromatic carbocycles. The Morgan fingerprint density at radius 3 is 2.76 bits per heavy atom. The van der Waals surface area contributed by atoms with Gasteiger partial charge in [0.25, 0.3) is 5.56 Å². The molecule has 0 amide bonds. The monoisotopic (exact) mass is 467 g/mol. The van der Waals surface area contributed by atoms with Crippen molar-refractivity contribution in [1.82, 2.24) is 29.3 Å². The second-order valence-electron chi connectivity index (χ2n) is 8.56. The number of hydrogen-bond acceptors (Lipinski definition) is 7. The van der Waals surface area contributed by atoms with Crippen LogP contribution in [-0.4, -0.2) is 29.3 Å². The van der Waals surface area contributed by atoms with E-state index in [0.717, 1.165) is 29.7 Å². The molecule has 0 aliphatic heterocycles. The number of fused-ring (bicyclic) bond motifs is 2. The SMILES string of the molecule is Cc1ccccc1-n1c(Cn2nc(C#CC3CC3)c3c(N)ncnc32)nc2scc(C)c2c1=O. The van der Waals surface area contributed by atoms with E-state index in [0.29, 0.717) is 44.5 Å². The van der Waals surface area contributed by atoms with Crippen molar-refractivity contribution in [3.05, 3.63) is 69.0 Å². The fourth-order valence-electron chi connectivity index (χ4n) is 4.10. The molecule has 0 spiro atoms. The largest absolute Gasteiger partial charge is 0.383 e. The van der Waals surface area contributed by atoms with Crippen LogP contribution >= 0.6 is 11.3 Å². The highest BCUT2D eigenvalue weighted by molar-refractivity contribution is 7.16. The van der Waals surface area contributed by atoms with Gasteiger partial charge in [0, 0.05) is 5.92 Å². The number of anilines is 1. The summed E-state index contributed by atoms with van der Waals surface area (Å²) in [5, 5.41) is 7.97.